The fourth-order valence-electron chi connectivity index (χ4n) is 2.98. The molecule has 0 fully saturated rings. The SMILES string of the molecule is Bc1ccc2c(ccc3c4ccc(Br)cc4ccc23)c1. The normalized spacial score (nSPS) is 11.4. The van der Waals surface area contributed by atoms with Crippen LogP contribution in [0, 0.1) is 0 Å². The van der Waals surface area contributed by atoms with Crippen LogP contribution in [0.4, 0.5) is 0 Å². The van der Waals surface area contributed by atoms with E-state index >= 15 is 0 Å². The van der Waals surface area contributed by atoms with Crippen LogP contribution in [0.15, 0.2) is 65.1 Å². The zero-order chi connectivity index (χ0) is 13.7. The minimum Gasteiger partial charge on any atom is -0.0883 e. The van der Waals surface area contributed by atoms with E-state index in [-0.39, 0.29) is 0 Å². The van der Waals surface area contributed by atoms with Crippen molar-refractivity contribution < 1.29 is 0 Å². The van der Waals surface area contributed by atoms with Gasteiger partial charge in [0.05, 0.1) is 0 Å². The zero-order valence-corrected chi connectivity index (χ0v) is 12.7. The molecule has 0 aliphatic rings. The number of halogens is 1. The lowest BCUT2D eigenvalue weighted by Gasteiger charge is -2.08. The Morgan fingerprint density at radius 2 is 1.15 bits per heavy atom. The average Bonchev–Trinajstić information content (AvgIpc) is 2.45. The van der Waals surface area contributed by atoms with Crippen molar-refractivity contribution >= 4 is 61.6 Å². The van der Waals surface area contributed by atoms with Gasteiger partial charge in [0.2, 0.25) is 0 Å². The van der Waals surface area contributed by atoms with E-state index in [0.29, 0.717) is 0 Å². The fourth-order valence-corrected chi connectivity index (χ4v) is 3.36. The van der Waals surface area contributed by atoms with Gasteiger partial charge in [0, 0.05) is 4.47 Å². The van der Waals surface area contributed by atoms with Gasteiger partial charge in [-0.3, -0.25) is 0 Å². The molecule has 2 heteroatoms. The predicted octanol–water partition coefficient (Wildman–Crippen LogP) is 4.17. The van der Waals surface area contributed by atoms with Crippen LogP contribution >= 0.6 is 15.9 Å². The highest BCUT2D eigenvalue weighted by Gasteiger charge is 2.05. The predicted molar refractivity (Wildman–Crippen MR) is 94.8 cm³/mol. The molecule has 0 saturated carbocycles. The Morgan fingerprint density at radius 3 is 1.85 bits per heavy atom. The minimum absolute atomic E-state index is 1.13. The number of benzene rings is 4. The lowest BCUT2D eigenvalue weighted by Crippen LogP contribution is -1.99. The zero-order valence-electron chi connectivity index (χ0n) is 11.2. The maximum Gasteiger partial charge on any atom is 0.139 e. The molecular weight excluding hydrogens is 307 g/mol. The van der Waals surface area contributed by atoms with E-state index in [0.717, 1.165) is 4.47 Å². The van der Waals surface area contributed by atoms with E-state index in [1.165, 1.54) is 37.8 Å². The van der Waals surface area contributed by atoms with E-state index < -0.39 is 0 Å². The molecule has 0 aromatic heterocycles. The number of hydrogen-bond donors (Lipinski definition) is 0. The van der Waals surface area contributed by atoms with E-state index in [2.05, 4.69) is 84.4 Å². The third-order valence-electron chi connectivity index (χ3n) is 3.95. The Morgan fingerprint density at radius 1 is 0.600 bits per heavy atom. The molecule has 0 amide bonds. The second kappa shape index (κ2) is 4.36. The van der Waals surface area contributed by atoms with Crippen molar-refractivity contribution in [2.45, 2.75) is 0 Å². The highest BCUT2D eigenvalue weighted by Crippen LogP contribution is 2.31. The van der Waals surface area contributed by atoms with Gasteiger partial charge in [-0.15, -0.1) is 0 Å². The molecule has 0 unspecified atom stereocenters. The van der Waals surface area contributed by atoms with Crippen molar-refractivity contribution in [3.05, 3.63) is 65.1 Å². The van der Waals surface area contributed by atoms with Gasteiger partial charge in [-0.1, -0.05) is 69.9 Å². The molecule has 0 atom stereocenters. The van der Waals surface area contributed by atoms with Crippen LogP contribution in [-0.4, -0.2) is 7.85 Å². The van der Waals surface area contributed by atoms with Crippen LogP contribution in [0.5, 0.6) is 0 Å². The van der Waals surface area contributed by atoms with Gasteiger partial charge >= 0.3 is 0 Å². The topological polar surface area (TPSA) is 0 Å². The van der Waals surface area contributed by atoms with Gasteiger partial charge in [-0.2, -0.15) is 0 Å². The minimum atomic E-state index is 1.13. The smallest absolute Gasteiger partial charge is 0.0883 e. The Kier molecular flexibility index (Phi) is 2.61. The van der Waals surface area contributed by atoms with Crippen LogP contribution in [-0.2, 0) is 0 Å². The highest BCUT2D eigenvalue weighted by atomic mass is 79.9. The van der Waals surface area contributed by atoms with E-state index in [9.17, 15) is 0 Å². The van der Waals surface area contributed by atoms with Gasteiger partial charge in [0.25, 0.3) is 0 Å². The Hall–Kier alpha value is -1.80. The quantitative estimate of drug-likeness (QED) is 0.337. The summed E-state index contributed by atoms with van der Waals surface area (Å²) in [5.74, 6) is 0. The van der Waals surface area contributed by atoms with E-state index in [1.54, 1.807) is 0 Å². The van der Waals surface area contributed by atoms with Gasteiger partial charge < -0.3 is 0 Å². The van der Waals surface area contributed by atoms with Crippen LogP contribution in [0.1, 0.15) is 0 Å². The molecule has 0 bridgehead atoms. The van der Waals surface area contributed by atoms with Gasteiger partial charge in [0.1, 0.15) is 7.85 Å². The number of fused-ring (bicyclic) bond motifs is 5. The molecule has 0 aliphatic heterocycles. The molecule has 4 rings (SSSR count). The van der Waals surface area contributed by atoms with E-state index in [4.69, 9.17) is 0 Å². The second-order valence-electron chi connectivity index (χ2n) is 5.32. The molecule has 0 nitrogen and oxygen atoms in total. The first-order valence-corrected chi connectivity index (χ1v) is 7.53. The monoisotopic (exact) mass is 318 g/mol. The van der Waals surface area contributed by atoms with Gasteiger partial charge in [-0.25, -0.2) is 0 Å². The Labute approximate surface area is 126 Å². The molecule has 0 spiro atoms. The van der Waals surface area contributed by atoms with Crippen LogP contribution < -0.4 is 5.46 Å². The van der Waals surface area contributed by atoms with E-state index in [1.807, 2.05) is 0 Å². The molecule has 0 saturated heterocycles. The first-order chi connectivity index (χ1) is 9.72. The first-order valence-electron chi connectivity index (χ1n) is 6.74. The lowest BCUT2D eigenvalue weighted by molar-refractivity contribution is 1.73. The Balaban J connectivity index is 2.21. The van der Waals surface area contributed by atoms with Crippen molar-refractivity contribution in [3.63, 3.8) is 0 Å². The number of rotatable bonds is 0. The molecule has 0 N–H and O–H groups in total. The van der Waals surface area contributed by atoms with Crippen molar-refractivity contribution in [3.8, 4) is 0 Å². The fraction of sp³-hybridized carbons (Fsp3) is 0. The summed E-state index contributed by atoms with van der Waals surface area (Å²) in [5.41, 5.74) is 1.31. The molecular formula is C18H12BBr. The summed E-state index contributed by atoms with van der Waals surface area (Å²) < 4.78 is 1.13. The van der Waals surface area contributed by atoms with Crippen LogP contribution in [0.2, 0.25) is 0 Å². The summed E-state index contributed by atoms with van der Waals surface area (Å²) in [6.07, 6.45) is 0. The van der Waals surface area contributed by atoms with Crippen LogP contribution in [0.3, 0.4) is 0 Å². The maximum absolute atomic E-state index is 3.54. The lowest BCUT2D eigenvalue weighted by atomic mass is 9.91. The van der Waals surface area contributed by atoms with Crippen molar-refractivity contribution in [2.75, 3.05) is 0 Å². The third-order valence-corrected chi connectivity index (χ3v) is 4.44. The van der Waals surface area contributed by atoms with Crippen molar-refractivity contribution in [2.24, 2.45) is 0 Å². The van der Waals surface area contributed by atoms with Gasteiger partial charge in [-0.05, 0) is 44.5 Å². The molecule has 4 aromatic rings. The molecule has 20 heavy (non-hydrogen) atoms. The third kappa shape index (κ3) is 1.75. The van der Waals surface area contributed by atoms with Crippen molar-refractivity contribution in [1.29, 1.82) is 0 Å². The summed E-state index contributed by atoms with van der Waals surface area (Å²) in [4.78, 5) is 0. The molecule has 4 aromatic carbocycles. The number of hydrogen-bond acceptors (Lipinski definition) is 0. The summed E-state index contributed by atoms with van der Waals surface area (Å²) in [6, 6.07) is 22.1. The van der Waals surface area contributed by atoms with Crippen molar-refractivity contribution in [1.82, 2.24) is 0 Å². The molecule has 94 valence electrons. The summed E-state index contributed by atoms with van der Waals surface area (Å²) in [7, 11) is 2.14. The van der Waals surface area contributed by atoms with Crippen LogP contribution in [0.25, 0.3) is 32.3 Å². The first kappa shape index (κ1) is 12.0. The summed E-state index contributed by atoms with van der Waals surface area (Å²) in [5, 5.41) is 7.89. The van der Waals surface area contributed by atoms with Gasteiger partial charge in [0.15, 0.2) is 0 Å². The average molecular weight is 319 g/mol. The largest absolute Gasteiger partial charge is 0.139 e. The standard InChI is InChI=1S/C18H12BBr/c19-13-3-7-15-11(9-13)1-5-18-16-8-4-14(20)10-12(16)2-6-17(15)18/h1-10H,19H2. The molecule has 0 aliphatic carbocycles. The highest BCUT2D eigenvalue weighted by molar-refractivity contribution is 9.10. The second-order valence-corrected chi connectivity index (χ2v) is 6.23. The maximum atomic E-state index is 3.54. The molecule has 0 radical (unpaired) electrons. The Bertz CT molecular complexity index is 892. The summed E-state index contributed by atoms with van der Waals surface area (Å²) in [6.45, 7) is 0. The molecule has 0 heterocycles. The summed E-state index contributed by atoms with van der Waals surface area (Å²) >= 11 is 3.54.